The van der Waals surface area contributed by atoms with Gasteiger partial charge in [0, 0.05) is 13.7 Å². The molecule has 1 atom stereocenters. The number of carbonyl (C=O) groups is 1. The first-order valence-electron chi connectivity index (χ1n) is 5.66. The van der Waals surface area contributed by atoms with Crippen LogP contribution in [0.3, 0.4) is 0 Å². The molecule has 0 radical (unpaired) electrons. The summed E-state index contributed by atoms with van der Waals surface area (Å²) in [5.74, 6) is 0.0275. The van der Waals surface area contributed by atoms with E-state index in [0.717, 1.165) is 17.5 Å². The second-order valence-electron chi connectivity index (χ2n) is 3.80. The predicted octanol–water partition coefficient (Wildman–Crippen LogP) is 2.62. The smallest absolute Gasteiger partial charge is 0.234 e. The van der Waals surface area contributed by atoms with E-state index in [4.69, 9.17) is 4.74 Å². The largest absolute Gasteiger partial charge is 0.380 e. The average Bonchev–Trinajstić information content (AvgIpc) is 2.36. The normalized spacial score (nSPS) is 12.2. The van der Waals surface area contributed by atoms with Crippen LogP contribution in [0.2, 0.25) is 0 Å². The molecule has 4 heteroatoms. The zero-order chi connectivity index (χ0) is 12.7. The molecular formula is C13H18BrNO2. The van der Waals surface area contributed by atoms with Crippen molar-refractivity contribution in [3.05, 3.63) is 35.4 Å². The lowest BCUT2D eigenvalue weighted by Gasteiger charge is -2.11. The molecular weight excluding hydrogens is 282 g/mol. The average molecular weight is 300 g/mol. The number of hydrogen-bond donors (Lipinski definition) is 1. The first-order valence-corrected chi connectivity index (χ1v) is 6.58. The number of methoxy groups -OCH3 is 1. The molecule has 0 aliphatic heterocycles. The Balaban J connectivity index is 2.59. The summed E-state index contributed by atoms with van der Waals surface area (Å²) in [4.78, 5) is 11.5. The monoisotopic (exact) mass is 299 g/mol. The zero-order valence-electron chi connectivity index (χ0n) is 10.2. The molecule has 1 amide bonds. The number of alkyl halides is 1. The van der Waals surface area contributed by atoms with Crippen molar-refractivity contribution < 1.29 is 9.53 Å². The summed E-state index contributed by atoms with van der Waals surface area (Å²) in [5, 5.41) is 2.91. The van der Waals surface area contributed by atoms with Crippen molar-refractivity contribution >= 4 is 21.8 Å². The Morgan fingerprint density at radius 1 is 1.41 bits per heavy atom. The van der Waals surface area contributed by atoms with Crippen LogP contribution >= 0.6 is 15.9 Å². The van der Waals surface area contributed by atoms with Gasteiger partial charge in [-0.2, -0.15) is 0 Å². The third kappa shape index (κ3) is 4.48. The number of nitrogens with one attached hydrogen (secondary N) is 1. The maximum Gasteiger partial charge on any atom is 0.234 e. The van der Waals surface area contributed by atoms with E-state index >= 15 is 0 Å². The molecule has 17 heavy (non-hydrogen) atoms. The molecule has 0 aromatic heterocycles. The molecule has 1 aromatic rings. The van der Waals surface area contributed by atoms with E-state index in [-0.39, 0.29) is 10.7 Å². The van der Waals surface area contributed by atoms with Crippen LogP contribution in [0.4, 0.5) is 0 Å². The quantitative estimate of drug-likeness (QED) is 0.820. The van der Waals surface area contributed by atoms with Crippen LogP contribution in [0.25, 0.3) is 0 Å². The first-order chi connectivity index (χ1) is 8.19. The van der Waals surface area contributed by atoms with Gasteiger partial charge < -0.3 is 10.1 Å². The Bertz CT molecular complexity index is 368. The van der Waals surface area contributed by atoms with Gasteiger partial charge in [-0.15, -0.1) is 0 Å². The molecule has 94 valence electrons. The standard InChI is InChI=1S/C13H18BrNO2/c1-3-12(14)13(16)15-8-10-6-4-5-7-11(10)9-17-2/h4-7,12H,3,8-9H2,1-2H3,(H,15,16). The number of amides is 1. The molecule has 0 fully saturated rings. The van der Waals surface area contributed by atoms with Crippen molar-refractivity contribution in [1.29, 1.82) is 0 Å². The SMILES string of the molecule is CCC(Br)C(=O)NCc1ccccc1COC. The van der Waals surface area contributed by atoms with Crippen molar-refractivity contribution in [3.8, 4) is 0 Å². The van der Waals surface area contributed by atoms with Crippen molar-refractivity contribution in [2.45, 2.75) is 31.3 Å². The van der Waals surface area contributed by atoms with E-state index in [9.17, 15) is 4.79 Å². The minimum absolute atomic E-state index is 0.0275. The maximum atomic E-state index is 11.6. The van der Waals surface area contributed by atoms with Crippen LogP contribution in [0, 0.1) is 0 Å². The van der Waals surface area contributed by atoms with E-state index < -0.39 is 0 Å². The van der Waals surface area contributed by atoms with Crippen LogP contribution < -0.4 is 5.32 Å². The Hall–Kier alpha value is -0.870. The molecule has 0 saturated heterocycles. The van der Waals surface area contributed by atoms with E-state index in [0.29, 0.717) is 13.2 Å². The van der Waals surface area contributed by atoms with Crippen molar-refractivity contribution in [3.63, 3.8) is 0 Å². The summed E-state index contributed by atoms with van der Waals surface area (Å²) < 4.78 is 5.12. The molecule has 0 heterocycles. The summed E-state index contributed by atoms with van der Waals surface area (Å²) in [6.45, 7) is 3.08. The van der Waals surface area contributed by atoms with E-state index in [1.54, 1.807) is 7.11 Å². The van der Waals surface area contributed by atoms with Gasteiger partial charge in [0.15, 0.2) is 0 Å². The molecule has 0 spiro atoms. The van der Waals surface area contributed by atoms with E-state index in [1.165, 1.54) is 0 Å². The minimum Gasteiger partial charge on any atom is -0.380 e. The highest BCUT2D eigenvalue weighted by Gasteiger charge is 2.12. The lowest BCUT2D eigenvalue weighted by atomic mass is 10.1. The second-order valence-corrected chi connectivity index (χ2v) is 4.90. The number of ether oxygens (including phenoxy) is 1. The number of hydrogen-bond acceptors (Lipinski definition) is 2. The summed E-state index contributed by atoms with van der Waals surface area (Å²) in [5.41, 5.74) is 2.21. The molecule has 0 aliphatic rings. The Labute approximate surface area is 111 Å². The Morgan fingerprint density at radius 3 is 2.65 bits per heavy atom. The molecule has 1 unspecified atom stereocenters. The fraction of sp³-hybridized carbons (Fsp3) is 0.462. The van der Waals surface area contributed by atoms with Gasteiger partial charge in [-0.25, -0.2) is 0 Å². The van der Waals surface area contributed by atoms with Crippen LogP contribution in [0.5, 0.6) is 0 Å². The van der Waals surface area contributed by atoms with E-state index in [2.05, 4.69) is 21.2 Å². The van der Waals surface area contributed by atoms with Gasteiger partial charge in [0.2, 0.25) is 5.91 Å². The Kier molecular flexibility index (Phi) is 6.22. The van der Waals surface area contributed by atoms with Crippen LogP contribution in [-0.2, 0) is 22.7 Å². The fourth-order valence-corrected chi connectivity index (χ4v) is 1.67. The van der Waals surface area contributed by atoms with Crippen molar-refractivity contribution in [2.75, 3.05) is 7.11 Å². The fourth-order valence-electron chi connectivity index (χ4n) is 1.50. The zero-order valence-corrected chi connectivity index (χ0v) is 11.8. The summed E-state index contributed by atoms with van der Waals surface area (Å²) >= 11 is 3.33. The van der Waals surface area contributed by atoms with Crippen LogP contribution in [0.15, 0.2) is 24.3 Å². The minimum atomic E-state index is -0.114. The third-order valence-electron chi connectivity index (χ3n) is 2.51. The highest BCUT2D eigenvalue weighted by molar-refractivity contribution is 9.10. The molecule has 1 N–H and O–H groups in total. The first kappa shape index (κ1) is 14.2. The van der Waals surface area contributed by atoms with Crippen molar-refractivity contribution in [2.24, 2.45) is 0 Å². The summed E-state index contributed by atoms with van der Waals surface area (Å²) in [6.07, 6.45) is 0.783. The van der Waals surface area contributed by atoms with Gasteiger partial charge in [0.1, 0.15) is 0 Å². The van der Waals surface area contributed by atoms with Gasteiger partial charge in [0.25, 0.3) is 0 Å². The lowest BCUT2D eigenvalue weighted by Crippen LogP contribution is -2.30. The van der Waals surface area contributed by atoms with Crippen molar-refractivity contribution in [1.82, 2.24) is 5.32 Å². The van der Waals surface area contributed by atoms with Crippen LogP contribution in [-0.4, -0.2) is 17.8 Å². The molecule has 0 bridgehead atoms. The van der Waals surface area contributed by atoms with Gasteiger partial charge in [-0.1, -0.05) is 47.1 Å². The molecule has 1 rings (SSSR count). The summed E-state index contributed by atoms with van der Waals surface area (Å²) in [7, 11) is 1.67. The van der Waals surface area contributed by atoms with E-state index in [1.807, 2.05) is 31.2 Å². The Morgan fingerprint density at radius 2 is 2.06 bits per heavy atom. The second kappa shape index (κ2) is 7.45. The van der Waals surface area contributed by atoms with Gasteiger partial charge in [-0.3, -0.25) is 4.79 Å². The number of halogens is 1. The number of rotatable bonds is 6. The van der Waals surface area contributed by atoms with Gasteiger partial charge in [0.05, 0.1) is 11.4 Å². The highest BCUT2D eigenvalue weighted by Crippen LogP contribution is 2.10. The molecule has 0 aliphatic carbocycles. The predicted molar refractivity (Wildman–Crippen MR) is 72.0 cm³/mol. The van der Waals surface area contributed by atoms with Crippen LogP contribution in [0.1, 0.15) is 24.5 Å². The van der Waals surface area contributed by atoms with Gasteiger partial charge in [-0.05, 0) is 17.5 Å². The third-order valence-corrected chi connectivity index (χ3v) is 3.58. The maximum absolute atomic E-state index is 11.6. The molecule has 0 saturated carbocycles. The topological polar surface area (TPSA) is 38.3 Å². The summed E-state index contributed by atoms with van der Waals surface area (Å²) in [6, 6.07) is 7.95. The molecule has 3 nitrogen and oxygen atoms in total. The van der Waals surface area contributed by atoms with Gasteiger partial charge >= 0.3 is 0 Å². The molecule has 1 aromatic carbocycles. The highest BCUT2D eigenvalue weighted by atomic mass is 79.9. The lowest BCUT2D eigenvalue weighted by molar-refractivity contribution is -0.120. The number of carbonyl (C=O) groups excluding carboxylic acids is 1. The number of benzene rings is 1.